The smallest absolute Gasteiger partial charge is 0.132 e. The lowest BCUT2D eigenvalue weighted by atomic mass is 10.1. The molecule has 1 aliphatic heterocycles. The Kier molecular flexibility index (Phi) is 1.49. The number of halogens is 1. The Balaban J connectivity index is 2.49. The third-order valence-electron chi connectivity index (χ3n) is 1.89. The first kappa shape index (κ1) is 6.58. The van der Waals surface area contributed by atoms with Gasteiger partial charge in [0.25, 0.3) is 0 Å². The van der Waals surface area contributed by atoms with E-state index in [9.17, 15) is 4.39 Å². The molecule has 0 fully saturated rings. The molecule has 2 nitrogen and oxygen atoms in total. The second-order valence-electron chi connectivity index (χ2n) is 2.65. The topological polar surface area (TPSA) is 24.9 Å². The van der Waals surface area contributed by atoms with E-state index in [4.69, 9.17) is 0 Å². The molecule has 0 amide bonds. The molecule has 0 aromatic carbocycles. The number of nitrogens with zero attached hydrogens (tertiary/aromatic N) is 1. The Morgan fingerprint density at radius 1 is 1.55 bits per heavy atom. The van der Waals surface area contributed by atoms with Crippen LogP contribution >= 0.6 is 0 Å². The molecular weight excluding hydrogens is 143 g/mol. The van der Waals surface area contributed by atoms with Crippen molar-refractivity contribution in [3.05, 3.63) is 23.6 Å². The average Bonchev–Trinajstić information content (AvgIpc) is 2.06. The fraction of sp³-hybridized carbons (Fsp3) is 0.375. The van der Waals surface area contributed by atoms with Gasteiger partial charge >= 0.3 is 0 Å². The predicted octanol–water partition coefficient (Wildman–Crippen LogP) is 1.58. The summed E-state index contributed by atoms with van der Waals surface area (Å²) in [6.07, 6.45) is 3.30. The Hall–Kier alpha value is -1.12. The molecule has 58 valence electrons. The summed E-state index contributed by atoms with van der Waals surface area (Å²) in [4.78, 5) is 4.03. The first-order valence-corrected chi connectivity index (χ1v) is 3.75. The first-order valence-electron chi connectivity index (χ1n) is 3.75. The fourth-order valence-corrected chi connectivity index (χ4v) is 1.33. The summed E-state index contributed by atoms with van der Waals surface area (Å²) in [5.74, 6) is 0.582. The summed E-state index contributed by atoms with van der Waals surface area (Å²) in [7, 11) is 0. The van der Waals surface area contributed by atoms with E-state index in [1.165, 1.54) is 12.3 Å². The lowest BCUT2D eigenvalue weighted by Gasteiger charge is -2.16. The van der Waals surface area contributed by atoms with E-state index in [0.29, 0.717) is 0 Å². The highest BCUT2D eigenvalue weighted by Crippen LogP contribution is 2.20. The van der Waals surface area contributed by atoms with Gasteiger partial charge in [-0.25, -0.2) is 9.37 Å². The summed E-state index contributed by atoms with van der Waals surface area (Å²) < 4.78 is 13.0. The van der Waals surface area contributed by atoms with Crippen LogP contribution in [0.15, 0.2) is 12.3 Å². The van der Waals surface area contributed by atoms with Crippen LogP contribution in [0.2, 0.25) is 0 Å². The number of rotatable bonds is 0. The van der Waals surface area contributed by atoms with Crippen LogP contribution in [0.4, 0.5) is 10.2 Å². The van der Waals surface area contributed by atoms with Gasteiger partial charge in [-0.1, -0.05) is 0 Å². The number of fused-ring (bicyclic) bond motifs is 1. The maximum Gasteiger partial charge on any atom is 0.132 e. The van der Waals surface area contributed by atoms with Crippen molar-refractivity contribution in [1.29, 1.82) is 0 Å². The number of nitrogens with one attached hydrogen (secondary N) is 1. The van der Waals surface area contributed by atoms with Crippen LogP contribution in [0.1, 0.15) is 12.0 Å². The first-order chi connectivity index (χ1) is 5.38. The lowest BCUT2D eigenvalue weighted by Crippen LogP contribution is -2.14. The minimum atomic E-state index is -0.137. The third-order valence-corrected chi connectivity index (χ3v) is 1.89. The Morgan fingerprint density at radius 3 is 3.27 bits per heavy atom. The van der Waals surface area contributed by atoms with Gasteiger partial charge in [-0.05, 0) is 18.9 Å². The Morgan fingerprint density at radius 2 is 2.45 bits per heavy atom. The molecule has 0 radical (unpaired) electrons. The Labute approximate surface area is 64.5 Å². The number of aromatic nitrogens is 1. The molecule has 0 unspecified atom stereocenters. The van der Waals surface area contributed by atoms with Gasteiger partial charge in [0, 0.05) is 18.3 Å². The van der Waals surface area contributed by atoms with Gasteiger partial charge in [-0.3, -0.25) is 0 Å². The zero-order chi connectivity index (χ0) is 7.68. The number of hydrogen-bond donors (Lipinski definition) is 1. The summed E-state index contributed by atoms with van der Waals surface area (Å²) >= 11 is 0. The summed E-state index contributed by atoms with van der Waals surface area (Å²) in [6, 6.07) is 1.41. The van der Waals surface area contributed by atoms with Gasteiger partial charge in [0.2, 0.25) is 0 Å². The summed E-state index contributed by atoms with van der Waals surface area (Å²) in [5, 5.41) is 3.05. The molecule has 0 spiro atoms. The van der Waals surface area contributed by atoms with Crippen LogP contribution in [-0.4, -0.2) is 11.5 Å². The van der Waals surface area contributed by atoms with E-state index in [1.54, 1.807) is 0 Å². The molecule has 1 N–H and O–H groups in total. The quantitative estimate of drug-likeness (QED) is 0.610. The largest absolute Gasteiger partial charge is 0.370 e. The SMILES string of the molecule is Fc1ccnc2c1CCCN2. The van der Waals surface area contributed by atoms with Gasteiger partial charge in [-0.2, -0.15) is 0 Å². The molecule has 2 rings (SSSR count). The fourth-order valence-electron chi connectivity index (χ4n) is 1.33. The third kappa shape index (κ3) is 1.06. The van der Waals surface area contributed by atoms with Gasteiger partial charge < -0.3 is 5.32 Å². The van der Waals surface area contributed by atoms with E-state index < -0.39 is 0 Å². The zero-order valence-electron chi connectivity index (χ0n) is 6.10. The van der Waals surface area contributed by atoms with Gasteiger partial charge in [0.05, 0.1) is 0 Å². The highest BCUT2D eigenvalue weighted by molar-refractivity contribution is 5.46. The average molecular weight is 152 g/mol. The van der Waals surface area contributed by atoms with E-state index >= 15 is 0 Å². The molecule has 1 aromatic rings. The van der Waals surface area contributed by atoms with Gasteiger partial charge in [-0.15, -0.1) is 0 Å². The number of anilines is 1. The summed E-state index contributed by atoms with van der Waals surface area (Å²) in [5.41, 5.74) is 0.735. The second kappa shape index (κ2) is 2.49. The molecule has 0 atom stereocenters. The molecule has 11 heavy (non-hydrogen) atoms. The van der Waals surface area contributed by atoms with E-state index in [-0.39, 0.29) is 5.82 Å². The van der Waals surface area contributed by atoms with Crippen molar-refractivity contribution < 1.29 is 4.39 Å². The maximum atomic E-state index is 13.0. The lowest BCUT2D eigenvalue weighted by molar-refractivity contribution is 0.598. The monoisotopic (exact) mass is 152 g/mol. The molecule has 1 aromatic heterocycles. The molecule has 0 saturated carbocycles. The maximum absolute atomic E-state index is 13.0. The van der Waals surface area contributed by atoms with Crippen molar-refractivity contribution in [2.24, 2.45) is 0 Å². The van der Waals surface area contributed by atoms with Crippen molar-refractivity contribution in [3.8, 4) is 0 Å². The number of hydrogen-bond acceptors (Lipinski definition) is 2. The van der Waals surface area contributed by atoms with E-state index in [1.807, 2.05) is 0 Å². The van der Waals surface area contributed by atoms with E-state index in [2.05, 4.69) is 10.3 Å². The van der Waals surface area contributed by atoms with Crippen molar-refractivity contribution in [2.45, 2.75) is 12.8 Å². The van der Waals surface area contributed by atoms with Crippen LogP contribution in [0, 0.1) is 5.82 Å². The van der Waals surface area contributed by atoms with Crippen LogP contribution in [0.5, 0.6) is 0 Å². The molecule has 2 heterocycles. The van der Waals surface area contributed by atoms with Crippen LogP contribution < -0.4 is 5.32 Å². The molecule has 3 heteroatoms. The molecule has 1 aliphatic rings. The number of pyridine rings is 1. The van der Waals surface area contributed by atoms with Crippen LogP contribution in [-0.2, 0) is 6.42 Å². The highest BCUT2D eigenvalue weighted by atomic mass is 19.1. The van der Waals surface area contributed by atoms with Gasteiger partial charge in [0.1, 0.15) is 11.6 Å². The molecule has 0 aliphatic carbocycles. The van der Waals surface area contributed by atoms with E-state index in [0.717, 1.165) is 30.8 Å². The van der Waals surface area contributed by atoms with Crippen molar-refractivity contribution in [2.75, 3.05) is 11.9 Å². The predicted molar refractivity (Wildman–Crippen MR) is 41.0 cm³/mol. The molecule has 0 saturated heterocycles. The summed E-state index contributed by atoms with van der Waals surface area (Å²) in [6.45, 7) is 0.906. The highest BCUT2D eigenvalue weighted by Gasteiger charge is 2.12. The van der Waals surface area contributed by atoms with Crippen LogP contribution in [0.25, 0.3) is 0 Å². The zero-order valence-corrected chi connectivity index (χ0v) is 6.10. The van der Waals surface area contributed by atoms with Gasteiger partial charge in [0.15, 0.2) is 0 Å². The normalized spacial score (nSPS) is 15.4. The second-order valence-corrected chi connectivity index (χ2v) is 2.65. The van der Waals surface area contributed by atoms with Crippen molar-refractivity contribution in [3.63, 3.8) is 0 Å². The molecule has 0 bridgehead atoms. The Bertz CT molecular complexity index is 273. The minimum Gasteiger partial charge on any atom is -0.370 e. The van der Waals surface area contributed by atoms with Crippen molar-refractivity contribution >= 4 is 5.82 Å². The van der Waals surface area contributed by atoms with Crippen LogP contribution in [0.3, 0.4) is 0 Å². The minimum absolute atomic E-state index is 0.137. The standard InChI is InChI=1S/C8H9FN2/c9-7-3-5-11-8-6(7)2-1-4-10-8/h3,5H,1-2,4H2,(H,10,11). The molecular formula is C8H9FN2. The van der Waals surface area contributed by atoms with Crippen molar-refractivity contribution in [1.82, 2.24) is 4.98 Å².